The molecule has 0 saturated carbocycles. The van der Waals surface area contributed by atoms with Crippen LogP contribution in [0.3, 0.4) is 0 Å². The van der Waals surface area contributed by atoms with Crippen LogP contribution in [0.25, 0.3) is 0 Å². The van der Waals surface area contributed by atoms with Crippen molar-refractivity contribution in [3.05, 3.63) is 58.6 Å². The first-order valence-electron chi connectivity index (χ1n) is 7.26. The molecule has 0 atom stereocenters. The van der Waals surface area contributed by atoms with Gasteiger partial charge in [-0.05, 0) is 61.5 Å². The molecule has 0 bridgehead atoms. The van der Waals surface area contributed by atoms with E-state index in [0.717, 1.165) is 16.8 Å². The minimum atomic E-state index is -0.342. The number of nitrogens with one attached hydrogen (secondary N) is 3. The first-order valence-corrected chi connectivity index (χ1v) is 8.05. The maximum Gasteiger partial charge on any atom is 0.276 e. The highest BCUT2D eigenvalue weighted by molar-refractivity contribution is 7.80. The Morgan fingerprint density at radius 1 is 1.17 bits per heavy atom. The number of amides is 1. The third-order valence-electron chi connectivity index (χ3n) is 3.31. The minimum Gasteiger partial charge on any atom is -0.483 e. The molecule has 3 N–H and O–H groups in total. The topological polar surface area (TPSA) is 62.4 Å². The second kappa shape index (κ2) is 8.52. The van der Waals surface area contributed by atoms with Crippen molar-refractivity contribution in [2.45, 2.75) is 13.8 Å². The summed E-state index contributed by atoms with van der Waals surface area (Å²) in [6.07, 6.45) is 0. The second-order valence-electron chi connectivity index (χ2n) is 5.12. The highest BCUT2D eigenvalue weighted by atomic mass is 35.5. The van der Waals surface area contributed by atoms with E-state index in [9.17, 15) is 4.79 Å². The SMILES string of the molecule is Cc1cccc(OCC(=O)NNC(=S)Nc2cccc(Cl)c2)c1C. The van der Waals surface area contributed by atoms with E-state index < -0.39 is 0 Å². The molecular formula is C17H18ClN3O2S. The molecular weight excluding hydrogens is 346 g/mol. The van der Waals surface area contributed by atoms with Crippen molar-refractivity contribution in [1.82, 2.24) is 10.9 Å². The van der Waals surface area contributed by atoms with Gasteiger partial charge in [0.2, 0.25) is 0 Å². The van der Waals surface area contributed by atoms with Gasteiger partial charge in [-0.1, -0.05) is 29.8 Å². The van der Waals surface area contributed by atoms with Crippen LogP contribution in [0, 0.1) is 13.8 Å². The smallest absolute Gasteiger partial charge is 0.276 e. The van der Waals surface area contributed by atoms with Crippen LogP contribution in [-0.4, -0.2) is 17.6 Å². The third-order valence-corrected chi connectivity index (χ3v) is 3.75. The Morgan fingerprint density at radius 3 is 2.67 bits per heavy atom. The van der Waals surface area contributed by atoms with Crippen LogP contribution in [0.1, 0.15) is 11.1 Å². The van der Waals surface area contributed by atoms with Crippen molar-refractivity contribution >= 4 is 40.5 Å². The highest BCUT2D eigenvalue weighted by Gasteiger charge is 2.06. The van der Waals surface area contributed by atoms with Gasteiger partial charge >= 0.3 is 0 Å². The molecule has 2 rings (SSSR count). The van der Waals surface area contributed by atoms with Crippen LogP contribution in [-0.2, 0) is 4.79 Å². The van der Waals surface area contributed by atoms with Crippen molar-refractivity contribution in [3.63, 3.8) is 0 Å². The predicted octanol–water partition coefficient (Wildman–Crippen LogP) is 3.35. The first kappa shape index (κ1) is 18.0. The van der Waals surface area contributed by atoms with Gasteiger partial charge in [-0.3, -0.25) is 15.6 Å². The summed E-state index contributed by atoms with van der Waals surface area (Å²) in [5.41, 5.74) is 7.92. The zero-order valence-corrected chi connectivity index (χ0v) is 14.9. The zero-order valence-electron chi connectivity index (χ0n) is 13.4. The Bertz CT molecular complexity index is 752. The highest BCUT2D eigenvalue weighted by Crippen LogP contribution is 2.20. The summed E-state index contributed by atoms with van der Waals surface area (Å²) in [7, 11) is 0. The van der Waals surface area contributed by atoms with E-state index in [-0.39, 0.29) is 17.6 Å². The Morgan fingerprint density at radius 2 is 1.92 bits per heavy atom. The summed E-state index contributed by atoms with van der Waals surface area (Å²) in [6, 6.07) is 12.8. The molecule has 1 amide bonds. The number of hydrogen-bond acceptors (Lipinski definition) is 3. The van der Waals surface area contributed by atoms with Gasteiger partial charge < -0.3 is 10.1 Å². The molecule has 0 aliphatic carbocycles. The van der Waals surface area contributed by atoms with Gasteiger partial charge in [0.1, 0.15) is 5.75 Å². The summed E-state index contributed by atoms with van der Waals surface area (Å²) in [4.78, 5) is 11.8. The maximum absolute atomic E-state index is 11.8. The monoisotopic (exact) mass is 363 g/mol. The molecule has 5 nitrogen and oxygen atoms in total. The normalized spacial score (nSPS) is 9.96. The lowest BCUT2D eigenvalue weighted by atomic mass is 10.1. The Hall–Kier alpha value is -2.31. The molecule has 0 heterocycles. The van der Waals surface area contributed by atoms with E-state index in [0.29, 0.717) is 10.8 Å². The van der Waals surface area contributed by atoms with E-state index in [1.54, 1.807) is 18.2 Å². The van der Waals surface area contributed by atoms with Crippen LogP contribution in [0.15, 0.2) is 42.5 Å². The molecule has 2 aromatic rings. The summed E-state index contributed by atoms with van der Waals surface area (Å²) in [5, 5.41) is 3.75. The molecule has 24 heavy (non-hydrogen) atoms. The lowest BCUT2D eigenvalue weighted by Crippen LogP contribution is -2.45. The van der Waals surface area contributed by atoms with Gasteiger partial charge in [0.05, 0.1) is 0 Å². The number of rotatable bonds is 4. The number of aryl methyl sites for hydroxylation is 1. The molecule has 126 valence electrons. The number of ether oxygens (including phenoxy) is 1. The lowest BCUT2D eigenvalue weighted by molar-refractivity contribution is -0.123. The van der Waals surface area contributed by atoms with Crippen molar-refractivity contribution in [2.24, 2.45) is 0 Å². The van der Waals surface area contributed by atoms with Crippen LogP contribution in [0.4, 0.5) is 5.69 Å². The molecule has 7 heteroatoms. The van der Waals surface area contributed by atoms with Crippen molar-refractivity contribution in [3.8, 4) is 5.75 Å². The van der Waals surface area contributed by atoms with Gasteiger partial charge in [0.15, 0.2) is 11.7 Å². The number of hydrogen-bond donors (Lipinski definition) is 3. The number of carbonyl (C=O) groups excluding carboxylic acids is 1. The predicted molar refractivity (Wildman–Crippen MR) is 100 cm³/mol. The Labute approximate surface area is 151 Å². The molecule has 0 saturated heterocycles. The van der Waals surface area contributed by atoms with Crippen LogP contribution >= 0.6 is 23.8 Å². The van der Waals surface area contributed by atoms with Crippen LogP contribution in [0.2, 0.25) is 5.02 Å². The van der Waals surface area contributed by atoms with Crippen molar-refractivity contribution in [2.75, 3.05) is 11.9 Å². The largest absolute Gasteiger partial charge is 0.483 e. The van der Waals surface area contributed by atoms with E-state index >= 15 is 0 Å². The van der Waals surface area contributed by atoms with Crippen molar-refractivity contribution in [1.29, 1.82) is 0 Å². The maximum atomic E-state index is 11.8. The fourth-order valence-corrected chi connectivity index (χ4v) is 2.27. The van der Waals surface area contributed by atoms with E-state index in [4.69, 9.17) is 28.6 Å². The summed E-state index contributed by atoms with van der Waals surface area (Å²) >= 11 is 11.0. The van der Waals surface area contributed by atoms with E-state index in [1.807, 2.05) is 38.1 Å². The Kier molecular flexibility index (Phi) is 6.40. The minimum absolute atomic E-state index is 0.114. The molecule has 0 fully saturated rings. The fraction of sp³-hybridized carbons (Fsp3) is 0.176. The van der Waals surface area contributed by atoms with E-state index in [1.165, 1.54) is 0 Å². The van der Waals surface area contributed by atoms with Gasteiger partial charge in [0.25, 0.3) is 5.91 Å². The third kappa shape index (κ3) is 5.40. The zero-order chi connectivity index (χ0) is 17.5. The first-order chi connectivity index (χ1) is 11.5. The van der Waals surface area contributed by atoms with Crippen molar-refractivity contribution < 1.29 is 9.53 Å². The molecule has 0 aliphatic rings. The molecule has 2 aromatic carbocycles. The second-order valence-corrected chi connectivity index (χ2v) is 5.97. The number of thiocarbonyl (C=S) groups is 1. The van der Waals surface area contributed by atoms with Gasteiger partial charge in [-0.15, -0.1) is 0 Å². The average molecular weight is 364 g/mol. The Balaban J connectivity index is 1.76. The number of halogens is 1. The van der Waals surface area contributed by atoms with Gasteiger partial charge in [-0.2, -0.15) is 0 Å². The fourth-order valence-electron chi connectivity index (χ4n) is 1.91. The average Bonchev–Trinajstić information content (AvgIpc) is 2.54. The number of carbonyl (C=O) groups is 1. The number of hydrazine groups is 1. The summed E-state index contributed by atoms with van der Waals surface area (Å²) in [5.74, 6) is 0.343. The molecule has 0 spiro atoms. The number of anilines is 1. The molecule has 0 aromatic heterocycles. The van der Waals surface area contributed by atoms with E-state index in [2.05, 4.69) is 16.2 Å². The quantitative estimate of drug-likeness (QED) is 0.574. The molecule has 0 radical (unpaired) electrons. The summed E-state index contributed by atoms with van der Waals surface area (Å²) < 4.78 is 5.51. The standard InChI is InChI=1S/C17H18ClN3O2S/c1-11-5-3-8-15(12(11)2)23-10-16(22)20-21-17(24)19-14-7-4-6-13(18)9-14/h3-9H,10H2,1-2H3,(H,20,22)(H2,19,21,24). The van der Waals surface area contributed by atoms with Crippen LogP contribution in [0.5, 0.6) is 5.75 Å². The molecule has 0 aliphatic heterocycles. The summed E-state index contributed by atoms with van der Waals surface area (Å²) in [6.45, 7) is 3.83. The van der Waals surface area contributed by atoms with Crippen LogP contribution < -0.4 is 20.9 Å². The van der Waals surface area contributed by atoms with Gasteiger partial charge in [-0.25, -0.2) is 0 Å². The number of benzene rings is 2. The molecule has 0 unspecified atom stereocenters. The van der Waals surface area contributed by atoms with Gasteiger partial charge in [0, 0.05) is 10.7 Å². The lowest BCUT2D eigenvalue weighted by Gasteiger charge is -2.13.